The normalized spacial score (nSPS) is 16.3. The molecule has 0 rings (SSSR count). The Morgan fingerprint density at radius 2 is 0.750 bits per heavy atom. The number of hydrogen-bond donors (Lipinski definition) is 4. The zero-order valence-corrected chi connectivity index (χ0v) is 18.1. The summed E-state index contributed by atoms with van der Waals surface area (Å²) in [6.45, 7) is 13.0. The molecule has 0 aliphatic rings. The maximum absolute atomic E-state index is 5.94. The van der Waals surface area contributed by atoms with E-state index >= 15 is 0 Å². The molecule has 0 amide bonds. The van der Waals surface area contributed by atoms with E-state index in [0.29, 0.717) is 0 Å². The predicted molar refractivity (Wildman–Crippen MR) is 99.1 cm³/mol. The first kappa shape index (κ1) is 27.5. The van der Waals surface area contributed by atoms with Gasteiger partial charge in [-0.15, -0.1) is 0 Å². The smallest absolute Gasteiger partial charge is 0.182 e. The highest BCUT2D eigenvalue weighted by Gasteiger charge is 2.37. The summed E-state index contributed by atoms with van der Waals surface area (Å²) in [5.41, 5.74) is 0. The van der Waals surface area contributed by atoms with E-state index in [0.717, 1.165) is 0 Å². The van der Waals surface area contributed by atoms with Gasteiger partial charge >= 0.3 is 0 Å². The predicted octanol–water partition coefficient (Wildman–Crippen LogP) is 0.296. The molecular weight excluding hydrogens is 376 g/mol. The molecule has 2 atom stereocenters. The van der Waals surface area contributed by atoms with Crippen LogP contribution in [0.2, 0.25) is 0 Å². The van der Waals surface area contributed by atoms with Crippen LogP contribution < -0.4 is 23.6 Å². The van der Waals surface area contributed by atoms with Gasteiger partial charge in [0, 0.05) is 0 Å². The van der Waals surface area contributed by atoms with Crippen molar-refractivity contribution >= 4 is 0 Å². The number of rotatable bonds is 15. The fourth-order valence-corrected chi connectivity index (χ4v) is 1.85. The maximum atomic E-state index is 5.94. The van der Waals surface area contributed by atoms with Crippen LogP contribution in [0.25, 0.3) is 0 Å². The van der Waals surface area contributed by atoms with Crippen LogP contribution in [0.1, 0.15) is 55.4 Å². The van der Waals surface area contributed by atoms with Gasteiger partial charge in [0.15, 0.2) is 23.1 Å². The van der Waals surface area contributed by atoms with Gasteiger partial charge in [-0.25, -0.2) is 23.6 Å². The van der Waals surface area contributed by atoms with E-state index in [1.807, 2.05) is 0 Å². The van der Waals surface area contributed by atoms with Gasteiger partial charge in [-0.3, -0.25) is 19.4 Å². The van der Waals surface area contributed by atoms with Gasteiger partial charge < -0.3 is 18.9 Å². The summed E-state index contributed by atoms with van der Waals surface area (Å²) >= 11 is 0. The van der Waals surface area contributed by atoms with Crippen LogP contribution in [-0.4, -0.2) is 48.6 Å². The molecule has 170 valence electrons. The highest BCUT2D eigenvalue weighted by Crippen LogP contribution is 2.24. The lowest BCUT2D eigenvalue weighted by Crippen LogP contribution is -2.51. The van der Waals surface area contributed by atoms with Crippen molar-refractivity contribution in [3.8, 4) is 0 Å². The van der Waals surface area contributed by atoms with Crippen LogP contribution in [0.15, 0.2) is 0 Å². The summed E-state index contributed by atoms with van der Waals surface area (Å²) < 4.78 is 23.2. The Morgan fingerprint density at radius 1 is 0.500 bits per heavy atom. The highest BCUT2D eigenvalue weighted by atomic mass is 16.8. The third-order valence-electron chi connectivity index (χ3n) is 3.61. The molecule has 0 aromatic rings. The SMILES string of the molecule is CC(C)(ON)OCC(OC(C)(C)ON)C(COC(C)(C)ON)OC(C)(C)ON. The van der Waals surface area contributed by atoms with Crippen molar-refractivity contribution < 1.29 is 38.3 Å². The number of ether oxygens (including phenoxy) is 4. The summed E-state index contributed by atoms with van der Waals surface area (Å²) in [6, 6.07) is 0. The molecule has 0 heterocycles. The molecule has 8 N–H and O–H groups in total. The minimum absolute atomic E-state index is 0.0183. The minimum Gasteiger partial charge on any atom is -0.346 e. The molecular formula is C16H38N4O8. The molecule has 0 radical (unpaired) electrons. The van der Waals surface area contributed by atoms with Crippen molar-refractivity contribution in [3.05, 3.63) is 0 Å². The Balaban J connectivity index is 5.61. The van der Waals surface area contributed by atoms with Crippen molar-refractivity contribution in [2.45, 2.75) is 90.7 Å². The van der Waals surface area contributed by atoms with E-state index in [4.69, 9.17) is 61.9 Å². The van der Waals surface area contributed by atoms with Crippen molar-refractivity contribution in [3.63, 3.8) is 0 Å². The lowest BCUT2D eigenvalue weighted by atomic mass is 10.2. The Bertz CT molecular complexity index is 408. The van der Waals surface area contributed by atoms with Gasteiger partial charge in [0.05, 0.1) is 13.2 Å². The monoisotopic (exact) mass is 414 g/mol. The average molecular weight is 415 g/mol. The second kappa shape index (κ2) is 11.1. The molecule has 0 aromatic heterocycles. The molecule has 12 heteroatoms. The van der Waals surface area contributed by atoms with Crippen LogP contribution in [0, 0.1) is 0 Å². The fourth-order valence-electron chi connectivity index (χ4n) is 1.85. The van der Waals surface area contributed by atoms with Crippen LogP contribution >= 0.6 is 0 Å². The summed E-state index contributed by atoms with van der Waals surface area (Å²) in [7, 11) is 0. The zero-order chi connectivity index (χ0) is 22.2. The average Bonchev–Trinajstić information content (AvgIpc) is 2.62. The summed E-state index contributed by atoms with van der Waals surface area (Å²) in [5.74, 6) is 16.6. The van der Waals surface area contributed by atoms with Gasteiger partial charge in [-0.1, -0.05) is 0 Å². The Morgan fingerprint density at radius 3 is 0.964 bits per heavy atom. The first-order valence-electron chi connectivity index (χ1n) is 8.77. The van der Waals surface area contributed by atoms with Crippen LogP contribution in [0.5, 0.6) is 0 Å². The fraction of sp³-hybridized carbons (Fsp3) is 1.00. The largest absolute Gasteiger partial charge is 0.346 e. The van der Waals surface area contributed by atoms with Crippen LogP contribution in [0.3, 0.4) is 0 Å². The van der Waals surface area contributed by atoms with Gasteiger partial charge in [0.25, 0.3) is 0 Å². The Kier molecular flexibility index (Phi) is 10.9. The topological polar surface area (TPSA) is 178 Å². The van der Waals surface area contributed by atoms with Gasteiger partial charge in [0.1, 0.15) is 12.2 Å². The van der Waals surface area contributed by atoms with Crippen molar-refractivity contribution in [2.24, 2.45) is 23.6 Å². The quantitative estimate of drug-likeness (QED) is 0.213. The molecule has 0 saturated heterocycles. The van der Waals surface area contributed by atoms with Crippen LogP contribution in [0.4, 0.5) is 0 Å². The van der Waals surface area contributed by atoms with E-state index in [-0.39, 0.29) is 13.2 Å². The summed E-state index contributed by atoms with van der Waals surface area (Å²) in [5, 5.41) is 0. The molecule has 12 nitrogen and oxygen atoms in total. The first-order chi connectivity index (χ1) is 12.6. The first-order valence-corrected chi connectivity index (χ1v) is 8.77. The second-order valence-electron chi connectivity index (χ2n) is 8.01. The molecule has 0 spiro atoms. The molecule has 0 aliphatic carbocycles. The molecule has 0 aromatic carbocycles. The van der Waals surface area contributed by atoms with Crippen molar-refractivity contribution in [1.29, 1.82) is 0 Å². The summed E-state index contributed by atoms with van der Waals surface area (Å²) in [4.78, 5) is 19.3. The minimum atomic E-state index is -1.17. The van der Waals surface area contributed by atoms with Gasteiger partial charge in [-0.2, -0.15) is 0 Å². The van der Waals surface area contributed by atoms with Crippen molar-refractivity contribution in [2.75, 3.05) is 13.2 Å². The van der Waals surface area contributed by atoms with E-state index < -0.39 is 35.4 Å². The lowest BCUT2D eigenvalue weighted by molar-refractivity contribution is -0.328. The lowest BCUT2D eigenvalue weighted by Gasteiger charge is -2.38. The third-order valence-corrected chi connectivity index (χ3v) is 3.61. The highest BCUT2D eigenvalue weighted by molar-refractivity contribution is 4.77. The Hall–Kier alpha value is -0.480. The molecule has 28 heavy (non-hydrogen) atoms. The van der Waals surface area contributed by atoms with Crippen LogP contribution in [-0.2, 0) is 38.3 Å². The molecule has 0 aliphatic heterocycles. The van der Waals surface area contributed by atoms with E-state index in [1.54, 1.807) is 55.4 Å². The van der Waals surface area contributed by atoms with E-state index in [9.17, 15) is 0 Å². The second-order valence-corrected chi connectivity index (χ2v) is 8.01. The van der Waals surface area contributed by atoms with Gasteiger partial charge in [0.2, 0.25) is 0 Å². The number of hydrogen-bond acceptors (Lipinski definition) is 12. The summed E-state index contributed by atoms with van der Waals surface area (Å²) in [6.07, 6.45) is -1.54. The van der Waals surface area contributed by atoms with Crippen molar-refractivity contribution in [1.82, 2.24) is 0 Å². The molecule has 0 fully saturated rings. The zero-order valence-electron chi connectivity index (χ0n) is 18.1. The third kappa shape index (κ3) is 10.9. The standard InChI is InChI=1S/C16H38N4O8/c1-13(2,25-17)21-9-11(23-15(5,6)27-19)12(24-16(7,8)28-20)10-22-14(3,4)26-18/h11-12H,9-10,17-20H2,1-8H3. The molecule has 2 unspecified atom stereocenters. The van der Waals surface area contributed by atoms with E-state index in [2.05, 4.69) is 0 Å². The maximum Gasteiger partial charge on any atom is 0.182 e. The Labute approximate surface area is 166 Å². The molecule has 0 bridgehead atoms. The molecule has 0 saturated carbocycles. The van der Waals surface area contributed by atoms with Gasteiger partial charge in [-0.05, 0) is 55.4 Å². The number of nitrogens with two attached hydrogens (primary N) is 4. The van der Waals surface area contributed by atoms with E-state index in [1.165, 1.54) is 0 Å².